The summed E-state index contributed by atoms with van der Waals surface area (Å²) in [5, 5.41) is 0. The van der Waals surface area contributed by atoms with Gasteiger partial charge in [0.15, 0.2) is 0 Å². The highest BCUT2D eigenvalue weighted by atomic mass is 79.9. The van der Waals surface area contributed by atoms with Crippen LogP contribution in [-0.2, 0) is 9.53 Å². The van der Waals surface area contributed by atoms with Crippen molar-refractivity contribution in [1.82, 2.24) is 0 Å². The van der Waals surface area contributed by atoms with Crippen molar-refractivity contribution >= 4 is 33.6 Å². The summed E-state index contributed by atoms with van der Waals surface area (Å²) in [4.78, 5) is 26.8. The Bertz CT molecular complexity index is 588. The summed E-state index contributed by atoms with van der Waals surface area (Å²) in [6, 6.07) is 6.69. The Balaban J connectivity index is 2.33. The third kappa shape index (κ3) is 2.33. The van der Waals surface area contributed by atoms with Crippen molar-refractivity contribution in [3.05, 3.63) is 45.6 Å². The molecule has 5 nitrogen and oxygen atoms in total. The second kappa shape index (κ2) is 4.73. The van der Waals surface area contributed by atoms with Crippen molar-refractivity contribution in [2.75, 3.05) is 0 Å². The molecule has 0 atom stereocenters. The third-order valence-corrected chi connectivity index (χ3v) is 3.05. The molecule has 0 saturated carbocycles. The summed E-state index contributed by atoms with van der Waals surface area (Å²) in [6.07, 6.45) is 0. The van der Waals surface area contributed by atoms with Crippen molar-refractivity contribution in [3.8, 4) is 0 Å². The molecule has 0 aromatic heterocycles. The molecule has 18 heavy (non-hydrogen) atoms. The number of hydrogen-bond acceptors (Lipinski definition) is 4. The smallest absolute Gasteiger partial charge is 0.318 e. The standard InChI is InChI=1S/C12H9BrN2O3/c1-6-2-4-7(5-3-6)9(16)8(13)10-11(17)15-12(14)18-10/h2-5H,1H3,(H2,14,15,17)/b10-8-. The van der Waals surface area contributed by atoms with E-state index in [9.17, 15) is 9.59 Å². The number of amidine groups is 1. The molecule has 1 heterocycles. The number of allylic oxidation sites excluding steroid dienone is 1. The second-order valence-corrected chi connectivity index (χ2v) is 4.49. The van der Waals surface area contributed by atoms with E-state index in [1.54, 1.807) is 24.3 Å². The molecule has 0 spiro atoms. The van der Waals surface area contributed by atoms with Crippen LogP contribution in [0.1, 0.15) is 15.9 Å². The van der Waals surface area contributed by atoms with Crippen molar-refractivity contribution in [2.45, 2.75) is 6.92 Å². The highest BCUT2D eigenvalue weighted by Crippen LogP contribution is 2.23. The minimum Gasteiger partial charge on any atom is -0.419 e. The Hall–Kier alpha value is -1.95. The monoisotopic (exact) mass is 308 g/mol. The Morgan fingerprint density at radius 2 is 1.94 bits per heavy atom. The average Bonchev–Trinajstić information content (AvgIpc) is 2.67. The molecular weight excluding hydrogens is 300 g/mol. The molecule has 6 heteroatoms. The topological polar surface area (TPSA) is 81.8 Å². The lowest BCUT2D eigenvalue weighted by Crippen LogP contribution is -2.12. The first-order chi connectivity index (χ1) is 8.49. The van der Waals surface area contributed by atoms with E-state index in [0.717, 1.165) is 5.56 Å². The maximum absolute atomic E-state index is 12.1. The molecule has 0 radical (unpaired) electrons. The maximum Gasteiger partial charge on any atom is 0.318 e. The number of benzene rings is 1. The molecular formula is C12H9BrN2O3. The second-order valence-electron chi connectivity index (χ2n) is 3.70. The Labute approximate surface area is 111 Å². The fraction of sp³-hybridized carbons (Fsp3) is 0.0833. The lowest BCUT2D eigenvalue weighted by Gasteiger charge is -2.03. The lowest BCUT2D eigenvalue weighted by atomic mass is 10.1. The third-order valence-electron chi connectivity index (χ3n) is 2.33. The highest BCUT2D eigenvalue weighted by Gasteiger charge is 2.27. The molecule has 0 fully saturated rings. The zero-order valence-electron chi connectivity index (χ0n) is 9.44. The number of nitrogens with two attached hydrogens (primary N) is 1. The number of nitrogens with zero attached hydrogens (tertiary/aromatic N) is 1. The van der Waals surface area contributed by atoms with Crippen LogP contribution < -0.4 is 5.73 Å². The molecule has 2 N–H and O–H groups in total. The average molecular weight is 309 g/mol. The number of aryl methyl sites for hydroxylation is 1. The molecule has 0 bridgehead atoms. The van der Waals surface area contributed by atoms with E-state index in [1.165, 1.54) is 0 Å². The fourth-order valence-electron chi connectivity index (χ4n) is 1.40. The molecule has 92 valence electrons. The first kappa shape index (κ1) is 12.5. The minimum atomic E-state index is -0.667. The Morgan fingerprint density at radius 1 is 1.33 bits per heavy atom. The van der Waals surface area contributed by atoms with E-state index in [4.69, 9.17) is 10.5 Å². The minimum absolute atomic E-state index is 0.0144. The molecule has 1 amide bonds. The number of Topliss-reactive ketones (excluding diaryl/α,β-unsaturated/α-hetero) is 1. The zero-order valence-corrected chi connectivity index (χ0v) is 11.0. The van der Waals surface area contributed by atoms with E-state index in [0.29, 0.717) is 5.56 Å². The van der Waals surface area contributed by atoms with Gasteiger partial charge in [0, 0.05) is 5.56 Å². The van der Waals surface area contributed by atoms with Crippen molar-refractivity contribution in [3.63, 3.8) is 0 Å². The van der Waals surface area contributed by atoms with Gasteiger partial charge in [0.25, 0.3) is 6.02 Å². The summed E-state index contributed by atoms with van der Waals surface area (Å²) >= 11 is 3.05. The number of carbonyl (C=O) groups is 2. The summed E-state index contributed by atoms with van der Waals surface area (Å²) in [6.45, 7) is 1.92. The van der Waals surface area contributed by atoms with Gasteiger partial charge in [-0.3, -0.25) is 9.59 Å². The molecule has 1 aromatic carbocycles. The van der Waals surface area contributed by atoms with E-state index < -0.39 is 5.91 Å². The van der Waals surface area contributed by atoms with E-state index in [1.807, 2.05) is 6.92 Å². The summed E-state index contributed by atoms with van der Waals surface area (Å²) in [5.74, 6) is -1.21. The highest BCUT2D eigenvalue weighted by molar-refractivity contribution is 9.12. The SMILES string of the molecule is Cc1ccc(C(=O)/C(Br)=C2/OC(N)=NC2=O)cc1. The van der Waals surface area contributed by atoms with E-state index in [2.05, 4.69) is 20.9 Å². The van der Waals surface area contributed by atoms with Crippen molar-refractivity contribution in [1.29, 1.82) is 0 Å². The normalized spacial score (nSPS) is 17.2. The van der Waals surface area contributed by atoms with Gasteiger partial charge >= 0.3 is 5.91 Å². The lowest BCUT2D eigenvalue weighted by molar-refractivity contribution is -0.115. The molecule has 1 aromatic rings. The van der Waals surface area contributed by atoms with Crippen LogP contribution in [0.4, 0.5) is 0 Å². The summed E-state index contributed by atoms with van der Waals surface area (Å²) in [7, 11) is 0. The number of carbonyl (C=O) groups excluding carboxylic acids is 2. The van der Waals surface area contributed by atoms with Crippen molar-refractivity contribution < 1.29 is 14.3 Å². The number of amides is 1. The Morgan fingerprint density at radius 3 is 2.44 bits per heavy atom. The first-order valence-electron chi connectivity index (χ1n) is 5.06. The largest absolute Gasteiger partial charge is 0.419 e. The van der Waals surface area contributed by atoms with Crippen LogP contribution in [0.2, 0.25) is 0 Å². The van der Waals surface area contributed by atoms with Crippen LogP contribution in [0.3, 0.4) is 0 Å². The predicted octanol–water partition coefficient (Wildman–Crippen LogP) is 1.66. The van der Waals surface area contributed by atoms with Crippen molar-refractivity contribution in [2.24, 2.45) is 10.7 Å². The quantitative estimate of drug-likeness (QED) is 0.665. The van der Waals surface area contributed by atoms with Crippen LogP contribution in [-0.4, -0.2) is 17.7 Å². The van der Waals surface area contributed by atoms with Gasteiger partial charge in [-0.2, -0.15) is 4.99 Å². The fourth-order valence-corrected chi connectivity index (χ4v) is 1.87. The van der Waals surface area contributed by atoms with Gasteiger partial charge in [-0.1, -0.05) is 29.8 Å². The molecule has 2 rings (SSSR count). The van der Waals surface area contributed by atoms with E-state index >= 15 is 0 Å². The molecule has 0 unspecified atom stereocenters. The number of rotatable bonds is 2. The van der Waals surface area contributed by atoms with E-state index in [-0.39, 0.29) is 22.0 Å². The first-order valence-corrected chi connectivity index (χ1v) is 5.86. The van der Waals surface area contributed by atoms with Gasteiger partial charge in [-0.05, 0) is 22.9 Å². The van der Waals surface area contributed by atoms with Crippen LogP contribution in [0.5, 0.6) is 0 Å². The molecule has 1 aliphatic heterocycles. The summed E-state index contributed by atoms with van der Waals surface area (Å²) < 4.78 is 4.91. The zero-order chi connectivity index (χ0) is 13.3. The van der Waals surface area contributed by atoms with Gasteiger partial charge in [-0.25, -0.2) is 0 Å². The summed E-state index contributed by atoms with van der Waals surface area (Å²) in [5.41, 5.74) is 6.74. The van der Waals surface area contributed by atoms with Crippen LogP contribution in [0.15, 0.2) is 39.5 Å². The van der Waals surface area contributed by atoms with Gasteiger partial charge in [0.2, 0.25) is 11.5 Å². The predicted molar refractivity (Wildman–Crippen MR) is 69.2 cm³/mol. The van der Waals surface area contributed by atoms with Crippen LogP contribution in [0, 0.1) is 6.92 Å². The van der Waals surface area contributed by atoms with Crippen LogP contribution >= 0.6 is 15.9 Å². The Kier molecular flexibility index (Phi) is 3.29. The molecule has 0 saturated heterocycles. The molecule has 1 aliphatic rings. The molecule has 0 aliphatic carbocycles. The maximum atomic E-state index is 12.1. The number of aliphatic imine (C=N–C) groups is 1. The number of ether oxygens (including phenoxy) is 1. The number of hydrogen-bond donors (Lipinski definition) is 1. The van der Waals surface area contributed by atoms with Crippen LogP contribution in [0.25, 0.3) is 0 Å². The van der Waals surface area contributed by atoms with Gasteiger partial charge in [-0.15, -0.1) is 0 Å². The van der Waals surface area contributed by atoms with Gasteiger partial charge in [0.1, 0.15) is 4.48 Å². The number of ketones is 1. The van der Waals surface area contributed by atoms with Gasteiger partial charge < -0.3 is 10.5 Å². The van der Waals surface area contributed by atoms with Gasteiger partial charge in [0.05, 0.1) is 0 Å². The number of halogens is 1.